The molecular formula is C22H26O6. The molecule has 2 rings (SSSR count). The van der Waals surface area contributed by atoms with Crippen molar-refractivity contribution in [1.82, 2.24) is 0 Å². The average molecular weight is 386 g/mol. The van der Waals surface area contributed by atoms with Crippen LogP contribution in [-0.2, 0) is 30.3 Å². The first-order chi connectivity index (χ1) is 13.4. The molecule has 0 unspecified atom stereocenters. The van der Waals surface area contributed by atoms with Crippen molar-refractivity contribution in [2.24, 2.45) is 23.2 Å². The summed E-state index contributed by atoms with van der Waals surface area (Å²) in [7, 11) is 2.42. The lowest BCUT2D eigenvalue weighted by Crippen LogP contribution is -2.39. The van der Waals surface area contributed by atoms with Crippen LogP contribution >= 0.6 is 0 Å². The van der Waals surface area contributed by atoms with E-state index in [1.165, 1.54) is 20.3 Å². The van der Waals surface area contributed by atoms with Crippen LogP contribution in [0.5, 0.6) is 0 Å². The van der Waals surface area contributed by atoms with Gasteiger partial charge < -0.3 is 14.6 Å². The van der Waals surface area contributed by atoms with Crippen molar-refractivity contribution in [3.05, 3.63) is 60.7 Å². The van der Waals surface area contributed by atoms with Crippen LogP contribution in [0.15, 0.2) is 55.1 Å². The summed E-state index contributed by atoms with van der Waals surface area (Å²) in [5, 5.41) is 9.59. The molecule has 1 aliphatic carbocycles. The number of aliphatic carboxylic acids is 1. The van der Waals surface area contributed by atoms with Gasteiger partial charge in [0.1, 0.15) is 0 Å². The van der Waals surface area contributed by atoms with Gasteiger partial charge in [0.25, 0.3) is 0 Å². The van der Waals surface area contributed by atoms with Crippen molar-refractivity contribution in [2.75, 3.05) is 14.2 Å². The molecule has 0 saturated heterocycles. The molecule has 0 spiro atoms. The van der Waals surface area contributed by atoms with E-state index in [-0.39, 0.29) is 18.8 Å². The van der Waals surface area contributed by atoms with Crippen LogP contribution in [0.25, 0.3) is 0 Å². The number of benzene rings is 1. The highest BCUT2D eigenvalue weighted by Gasteiger charge is 2.58. The van der Waals surface area contributed by atoms with Crippen LogP contribution in [0.1, 0.15) is 18.4 Å². The van der Waals surface area contributed by atoms with E-state index in [1.807, 2.05) is 42.5 Å². The summed E-state index contributed by atoms with van der Waals surface area (Å²) in [6.45, 7) is 3.63. The van der Waals surface area contributed by atoms with E-state index < -0.39 is 35.2 Å². The third-order valence-electron chi connectivity index (χ3n) is 5.45. The molecule has 0 heterocycles. The molecule has 0 bridgehead atoms. The number of esters is 2. The Hall–Kier alpha value is -2.89. The molecule has 1 saturated carbocycles. The number of hydrogen-bond acceptors (Lipinski definition) is 5. The zero-order chi connectivity index (χ0) is 20.7. The fourth-order valence-corrected chi connectivity index (χ4v) is 4.05. The Balaban J connectivity index is 2.35. The standard InChI is InChI=1S/C22H26O6/c1-4-17(19(23)24)18-14-22(20(25)27-2,21(26)28-3)13-16(18)12-8-11-15-9-6-5-7-10-15/h4-10,12,16-18H,1,11,13-14H2,2-3H3,(H,23,24)/b12-8+/t16-,17+,18-/m0/s1. The Morgan fingerprint density at radius 2 is 1.79 bits per heavy atom. The number of carbonyl (C=O) groups excluding carboxylic acids is 2. The Bertz CT molecular complexity index is 736. The highest BCUT2D eigenvalue weighted by atomic mass is 16.5. The minimum absolute atomic E-state index is 0.0374. The van der Waals surface area contributed by atoms with Crippen molar-refractivity contribution in [3.8, 4) is 0 Å². The maximum atomic E-state index is 12.5. The van der Waals surface area contributed by atoms with Gasteiger partial charge in [-0.25, -0.2) is 0 Å². The Kier molecular flexibility index (Phi) is 7.15. The number of hydrogen-bond donors (Lipinski definition) is 1. The van der Waals surface area contributed by atoms with Crippen LogP contribution < -0.4 is 0 Å². The van der Waals surface area contributed by atoms with Gasteiger partial charge >= 0.3 is 17.9 Å². The van der Waals surface area contributed by atoms with E-state index in [1.54, 1.807) is 0 Å². The lowest BCUT2D eigenvalue weighted by Gasteiger charge is -2.24. The van der Waals surface area contributed by atoms with E-state index in [4.69, 9.17) is 9.47 Å². The van der Waals surface area contributed by atoms with E-state index in [2.05, 4.69) is 6.58 Å². The van der Waals surface area contributed by atoms with Gasteiger partial charge in [-0.3, -0.25) is 14.4 Å². The lowest BCUT2D eigenvalue weighted by molar-refractivity contribution is -0.169. The number of ether oxygens (including phenoxy) is 2. The highest BCUT2D eigenvalue weighted by molar-refractivity contribution is 6.00. The minimum Gasteiger partial charge on any atom is -0.481 e. The van der Waals surface area contributed by atoms with Gasteiger partial charge in [-0.1, -0.05) is 48.6 Å². The first kappa shape index (κ1) is 21.4. The van der Waals surface area contributed by atoms with E-state index in [9.17, 15) is 19.5 Å². The number of allylic oxidation sites excluding steroid dienone is 2. The molecule has 1 fully saturated rings. The summed E-state index contributed by atoms with van der Waals surface area (Å²) in [4.78, 5) is 36.7. The van der Waals surface area contributed by atoms with E-state index in [0.717, 1.165) is 5.56 Å². The smallest absolute Gasteiger partial charge is 0.323 e. The molecule has 0 radical (unpaired) electrons. The zero-order valence-corrected chi connectivity index (χ0v) is 16.2. The largest absolute Gasteiger partial charge is 0.481 e. The Morgan fingerprint density at radius 1 is 1.18 bits per heavy atom. The number of carbonyl (C=O) groups is 3. The second-order valence-corrected chi connectivity index (χ2v) is 7.02. The van der Waals surface area contributed by atoms with Gasteiger partial charge in [-0.2, -0.15) is 0 Å². The van der Waals surface area contributed by atoms with Crippen molar-refractivity contribution in [3.63, 3.8) is 0 Å². The number of carboxylic acids is 1. The van der Waals surface area contributed by atoms with Gasteiger partial charge in [0.15, 0.2) is 5.41 Å². The van der Waals surface area contributed by atoms with Crippen LogP contribution in [0.4, 0.5) is 0 Å². The molecule has 150 valence electrons. The normalized spacial score (nSPS) is 21.8. The average Bonchev–Trinajstić information content (AvgIpc) is 3.08. The van der Waals surface area contributed by atoms with Crippen molar-refractivity contribution in [2.45, 2.75) is 19.3 Å². The van der Waals surface area contributed by atoms with Gasteiger partial charge in [0.2, 0.25) is 0 Å². The van der Waals surface area contributed by atoms with Crippen molar-refractivity contribution in [1.29, 1.82) is 0 Å². The highest BCUT2D eigenvalue weighted by Crippen LogP contribution is 2.51. The van der Waals surface area contributed by atoms with Crippen molar-refractivity contribution < 1.29 is 29.0 Å². The van der Waals surface area contributed by atoms with Gasteiger partial charge in [-0.15, -0.1) is 6.58 Å². The Morgan fingerprint density at radius 3 is 2.29 bits per heavy atom. The first-order valence-electron chi connectivity index (χ1n) is 9.12. The van der Waals surface area contributed by atoms with Crippen LogP contribution in [-0.4, -0.2) is 37.2 Å². The molecule has 6 nitrogen and oxygen atoms in total. The third kappa shape index (κ3) is 4.32. The summed E-state index contributed by atoms with van der Waals surface area (Å²) in [6, 6.07) is 9.81. The molecule has 1 aliphatic rings. The third-order valence-corrected chi connectivity index (χ3v) is 5.45. The summed E-state index contributed by atoms with van der Waals surface area (Å²) in [5.74, 6) is -4.09. The maximum absolute atomic E-state index is 12.5. The monoisotopic (exact) mass is 386 g/mol. The van der Waals surface area contributed by atoms with E-state index in [0.29, 0.717) is 6.42 Å². The van der Waals surface area contributed by atoms with Crippen molar-refractivity contribution >= 4 is 17.9 Å². The number of methoxy groups -OCH3 is 2. The van der Waals surface area contributed by atoms with Gasteiger partial charge in [0, 0.05) is 0 Å². The minimum atomic E-state index is -1.51. The summed E-state index contributed by atoms with van der Waals surface area (Å²) in [5.41, 5.74) is -0.397. The zero-order valence-electron chi connectivity index (χ0n) is 16.2. The second kappa shape index (κ2) is 9.35. The predicted octanol–water partition coefficient (Wildman–Crippen LogP) is 3.03. The molecule has 1 aromatic carbocycles. The lowest BCUT2D eigenvalue weighted by atomic mass is 9.81. The van der Waals surface area contributed by atoms with Crippen LogP contribution in [0.3, 0.4) is 0 Å². The molecule has 6 heteroatoms. The summed E-state index contributed by atoms with van der Waals surface area (Å²) >= 11 is 0. The number of carboxylic acid groups (broad SMARTS) is 1. The Labute approximate surface area is 164 Å². The second-order valence-electron chi connectivity index (χ2n) is 7.02. The quantitative estimate of drug-likeness (QED) is 0.420. The summed E-state index contributed by atoms with van der Waals surface area (Å²) in [6.07, 6.45) is 6.04. The maximum Gasteiger partial charge on any atom is 0.323 e. The molecule has 28 heavy (non-hydrogen) atoms. The predicted molar refractivity (Wildman–Crippen MR) is 103 cm³/mol. The fraction of sp³-hybridized carbons (Fsp3) is 0.409. The van der Waals surface area contributed by atoms with Crippen LogP contribution in [0, 0.1) is 23.2 Å². The molecule has 0 aromatic heterocycles. The SMILES string of the molecule is C=C[C@@H](C(=O)O)[C@H]1CC(C(=O)OC)(C(=O)OC)C[C@@H]1/C=C/Cc1ccccc1. The fourth-order valence-electron chi connectivity index (χ4n) is 4.05. The molecule has 1 aromatic rings. The molecule has 0 aliphatic heterocycles. The summed E-state index contributed by atoms with van der Waals surface area (Å²) < 4.78 is 9.74. The first-order valence-corrected chi connectivity index (χ1v) is 9.12. The molecule has 3 atom stereocenters. The molecule has 0 amide bonds. The number of rotatable bonds is 8. The molecular weight excluding hydrogens is 360 g/mol. The topological polar surface area (TPSA) is 89.9 Å². The molecule has 1 N–H and O–H groups in total. The van der Waals surface area contributed by atoms with Gasteiger partial charge in [0.05, 0.1) is 20.1 Å². The van der Waals surface area contributed by atoms with Gasteiger partial charge in [-0.05, 0) is 36.7 Å². The van der Waals surface area contributed by atoms with Crippen LogP contribution in [0.2, 0.25) is 0 Å². The van der Waals surface area contributed by atoms with E-state index >= 15 is 0 Å².